The molecule has 6 nitrogen and oxygen atoms in total. The van der Waals surface area contributed by atoms with Crippen LogP contribution >= 0.6 is 0 Å². The first-order valence-electron chi connectivity index (χ1n) is 6.38. The molecule has 1 atom stereocenters. The van der Waals surface area contributed by atoms with Crippen LogP contribution in [0, 0.1) is 0 Å². The second kappa shape index (κ2) is 11.0. The van der Waals surface area contributed by atoms with E-state index in [4.69, 9.17) is 10.5 Å². The summed E-state index contributed by atoms with van der Waals surface area (Å²) in [6, 6.07) is -0.510. The van der Waals surface area contributed by atoms with Crippen LogP contribution in [0.25, 0.3) is 0 Å². The van der Waals surface area contributed by atoms with E-state index in [1.165, 1.54) is 0 Å². The van der Waals surface area contributed by atoms with Crippen LogP contribution in [0.4, 0.5) is 0 Å². The van der Waals surface area contributed by atoms with Gasteiger partial charge in [-0.3, -0.25) is 9.59 Å². The Morgan fingerprint density at radius 2 is 2.00 bits per heavy atom. The maximum atomic E-state index is 11.5. The highest BCUT2D eigenvalue weighted by Gasteiger charge is 2.14. The molecule has 0 aromatic heterocycles. The molecule has 0 spiro atoms. The number of rotatable bonds is 10. The zero-order valence-corrected chi connectivity index (χ0v) is 11.3. The van der Waals surface area contributed by atoms with Crippen LogP contribution in [0.2, 0.25) is 0 Å². The van der Waals surface area contributed by atoms with Crippen molar-refractivity contribution >= 4 is 11.8 Å². The second-order valence-corrected chi connectivity index (χ2v) is 4.17. The molecule has 0 saturated carbocycles. The zero-order valence-electron chi connectivity index (χ0n) is 11.3. The van der Waals surface area contributed by atoms with Crippen molar-refractivity contribution in [2.75, 3.05) is 26.8 Å². The Morgan fingerprint density at radius 1 is 1.28 bits per heavy atom. The van der Waals surface area contributed by atoms with Gasteiger partial charge in [-0.15, -0.1) is 0 Å². The molecular weight excluding hydrogens is 234 g/mol. The van der Waals surface area contributed by atoms with E-state index < -0.39 is 6.04 Å². The quantitative estimate of drug-likeness (QED) is 0.473. The van der Waals surface area contributed by atoms with Gasteiger partial charge in [0.15, 0.2) is 0 Å². The van der Waals surface area contributed by atoms with E-state index in [1.807, 2.05) is 0 Å². The second-order valence-electron chi connectivity index (χ2n) is 4.17. The number of carbonyl (C=O) groups is 2. The first-order chi connectivity index (χ1) is 8.61. The lowest BCUT2D eigenvalue weighted by atomic mass is 10.2. The summed E-state index contributed by atoms with van der Waals surface area (Å²) in [7, 11) is 1.57. The Hall–Kier alpha value is -1.14. The molecule has 0 heterocycles. The lowest BCUT2D eigenvalue weighted by Crippen LogP contribution is -2.45. The molecule has 0 saturated heterocycles. The van der Waals surface area contributed by atoms with Crippen LogP contribution in [0.5, 0.6) is 0 Å². The largest absolute Gasteiger partial charge is 0.383 e. The van der Waals surface area contributed by atoms with Crippen molar-refractivity contribution in [3.05, 3.63) is 0 Å². The number of hydrogen-bond donors (Lipinski definition) is 3. The van der Waals surface area contributed by atoms with Crippen LogP contribution in [-0.2, 0) is 14.3 Å². The van der Waals surface area contributed by atoms with Crippen molar-refractivity contribution in [2.24, 2.45) is 5.73 Å². The summed E-state index contributed by atoms with van der Waals surface area (Å²) in [6.07, 6.45) is 3.12. The Kier molecular flexibility index (Phi) is 10.3. The maximum Gasteiger partial charge on any atom is 0.242 e. The molecule has 0 bridgehead atoms. The van der Waals surface area contributed by atoms with Crippen molar-refractivity contribution in [3.8, 4) is 0 Å². The molecule has 0 aliphatic carbocycles. The van der Waals surface area contributed by atoms with Gasteiger partial charge in [-0.2, -0.15) is 0 Å². The number of unbranched alkanes of at least 4 members (excludes halogenated alkanes) is 2. The number of nitrogens with two attached hydrogens (primary N) is 1. The number of ether oxygens (including phenoxy) is 1. The minimum atomic E-state index is -0.510. The molecule has 0 radical (unpaired) electrons. The molecule has 0 aromatic carbocycles. The third-order valence-corrected chi connectivity index (χ3v) is 2.48. The molecule has 0 aliphatic heterocycles. The van der Waals surface area contributed by atoms with Gasteiger partial charge in [0.1, 0.15) is 6.04 Å². The van der Waals surface area contributed by atoms with Gasteiger partial charge in [-0.05, 0) is 26.3 Å². The molecule has 2 amide bonds. The van der Waals surface area contributed by atoms with Crippen LogP contribution in [0.1, 0.15) is 32.6 Å². The summed E-state index contributed by atoms with van der Waals surface area (Å²) in [5.74, 6) is -0.288. The maximum absolute atomic E-state index is 11.5. The number of carbonyl (C=O) groups excluding carboxylic acids is 2. The zero-order chi connectivity index (χ0) is 13.8. The van der Waals surface area contributed by atoms with Crippen molar-refractivity contribution in [1.29, 1.82) is 0 Å². The fraction of sp³-hybridized carbons (Fsp3) is 0.833. The molecule has 0 aromatic rings. The molecule has 106 valence electrons. The van der Waals surface area contributed by atoms with Gasteiger partial charge in [-0.1, -0.05) is 6.42 Å². The number of nitrogens with one attached hydrogen (secondary N) is 2. The SMILES string of the molecule is COCCNC(=O)C(C)NC(=O)CCCCCN. The van der Waals surface area contributed by atoms with E-state index in [2.05, 4.69) is 10.6 Å². The molecule has 0 rings (SSSR count). The lowest BCUT2D eigenvalue weighted by molar-refractivity contribution is -0.128. The summed E-state index contributed by atoms with van der Waals surface area (Å²) in [6.45, 7) is 3.23. The van der Waals surface area contributed by atoms with E-state index in [1.54, 1.807) is 14.0 Å². The highest BCUT2D eigenvalue weighted by molar-refractivity contribution is 5.87. The predicted molar refractivity (Wildman–Crippen MR) is 70.0 cm³/mol. The van der Waals surface area contributed by atoms with Crippen molar-refractivity contribution in [2.45, 2.75) is 38.6 Å². The van der Waals surface area contributed by atoms with Crippen LogP contribution < -0.4 is 16.4 Å². The number of methoxy groups -OCH3 is 1. The third-order valence-electron chi connectivity index (χ3n) is 2.48. The van der Waals surface area contributed by atoms with Gasteiger partial charge < -0.3 is 21.1 Å². The molecule has 1 unspecified atom stereocenters. The van der Waals surface area contributed by atoms with Crippen molar-refractivity contribution in [1.82, 2.24) is 10.6 Å². The fourth-order valence-corrected chi connectivity index (χ4v) is 1.42. The standard InChI is InChI=1S/C12H25N3O3/c1-10(12(17)14-8-9-18-2)15-11(16)6-4-3-5-7-13/h10H,3-9,13H2,1-2H3,(H,14,17)(H,15,16). The van der Waals surface area contributed by atoms with Crippen LogP contribution in [-0.4, -0.2) is 44.7 Å². The van der Waals surface area contributed by atoms with Crippen LogP contribution in [0.3, 0.4) is 0 Å². The minimum Gasteiger partial charge on any atom is -0.383 e. The van der Waals surface area contributed by atoms with E-state index in [0.717, 1.165) is 19.3 Å². The van der Waals surface area contributed by atoms with Gasteiger partial charge in [0, 0.05) is 20.1 Å². The monoisotopic (exact) mass is 259 g/mol. The molecule has 4 N–H and O–H groups in total. The molecular formula is C12H25N3O3. The Labute approximate surface area is 109 Å². The highest BCUT2D eigenvalue weighted by atomic mass is 16.5. The topological polar surface area (TPSA) is 93.5 Å². The normalized spacial score (nSPS) is 11.9. The number of hydrogen-bond acceptors (Lipinski definition) is 4. The first-order valence-corrected chi connectivity index (χ1v) is 6.38. The van der Waals surface area contributed by atoms with E-state index in [9.17, 15) is 9.59 Å². The summed E-state index contributed by atoms with van der Waals surface area (Å²) >= 11 is 0. The van der Waals surface area contributed by atoms with Gasteiger partial charge in [0.2, 0.25) is 11.8 Å². The predicted octanol–water partition coefficient (Wildman–Crippen LogP) is -0.227. The Bertz CT molecular complexity index is 247. The molecule has 0 fully saturated rings. The summed E-state index contributed by atoms with van der Waals surface area (Å²) in [5.41, 5.74) is 5.36. The van der Waals surface area contributed by atoms with Gasteiger partial charge in [0.05, 0.1) is 6.61 Å². The smallest absolute Gasteiger partial charge is 0.242 e. The summed E-state index contributed by atoms with van der Waals surface area (Å²) in [5, 5.41) is 5.33. The van der Waals surface area contributed by atoms with Crippen molar-refractivity contribution in [3.63, 3.8) is 0 Å². The lowest BCUT2D eigenvalue weighted by Gasteiger charge is -2.13. The Morgan fingerprint density at radius 3 is 2.61 bits per heavy atom. The first kappa shape index (κ1) is 16.9. The highest BCUT2D eigenvalue weighted by Crippen LogP contribution is 1.98. The minimum absolute atomic E-state index is 0.0959. The summed E-state index contributed by atoms with van der Waals surface area (Å²) in [4.78, 5) is 23.0. The van der Waals surface area contributed by atoms with Gasteiger partial charge >= 0.3 is 0 Å². The van der Waals surface area contributed by atoms with Crippen molar-refractivity contribution < 1.29 is 14.3 Å². The Balaban J connectivity index is 3.68. The fourth-order valence-electron chi connectivity index (χ4n) is 1.42. The molecule has 18 heavy (non-hydrogen) atoms. The molecule has 0 aliphatic rings. The van der Waals surface area contributed by atoms with E-state index in [-0.39, 0.29) is 11.8 Å². The van der Waals surface area contributed by atoms with E-state index >= 15 is 0 Å². The average molecular weight is 259 g/mol. The average Bonchev–Trinajstić information content (AvgIpc) is 2.34. The van der Waals surface area contributed by atoms with Gasteiger partial charge in [-0.25, -0.2) is 0 Å². The van der Waals surface area contributed by atoms with E-state index in [0.29, 0.717) is 26.1 Å². The third kappa shape index (κ3) is 8.95. The molecule has 6 heteroatoms. The van der Waals surface area contributed by atoms with Crippen LogP contribution in [0.15, 0.2) is 0 Å². The summed E-state index contributed by atoms with van der Waals surface area (Å²) < 4.78 is 4.82. The number of amides is 2. The van der Waals surface area contributed by atoms with Gasteiger partial charge in [0.25, 0.3) is 0 Å².